The van der Waals surface area contributed by atoms with Gasteiger partial charge in [-0.15, -0.1) is 0 Å². The molecule has 0 saturated carbocycles. The van der Waals surface area contributed by atoms with Crippen LogP contribution in [-0.2, 0) is 0 Å². The molecule has 0 bridgehead atoms. The van der Waals surface area contributed by atoms with Crippen molar-refractivity contribution in [3.05, 3.63) is 22.8 Å². The van der Waals surface area contributed by atoms with E-state index in [-0.39, 0.29) is 5.88 Å². The molecule has 0 spiro atoms. The van der Waals surface area contributed by atoms with Crippen LogP contribution < -0.4 is 4.74 Å². The number of halogens is 4. The van der Waals surface area contributed by atoms with Gasteiger partial charge in [-0.3, -0.25) is 4.79 Å². The Labute approximate surface area is 107 Å². The van der Waals surface area contributed by atoms with Crippen LogP contribution in [0.5, 0.6) is 5.88 Å². The summed E-state index contributed by atoms with van der Waals surface area (Å²) in [4.78, 5) is 14.8. The van der Waals surface area contributed by atoms with Gasteiger partial charge in [0.15, 0.2) is 0 Å². The van der Waals surface area contributed by atoms with Gasteiger partial charge in [0.05, 0.1) is 5.56 Å². The van der Waals surface area contributed by atoms with E-state index in [1.807, 2.05) is 0 Å². The fourth-order valence-corrected chi connectivity index (χ4v) is 1.35. The molecule has 1 aromatic heterocycles. The van der Waals surface area contributed by atoms with E-state index in [9.17, 15) is 18.0 Å². The Morgan fingerprint density at radius 1 is 1.33 bits per heavy atom. The van der Waals surface area contributed by atoms with Crippen LogP contribution in [0.3, 0.4) is 0 Å². The number of ether oxygens (including phenoxy) is 1. The molecule has 0 saturated heterocycles. The minimum atomic E-state index is -4.98. The molecule has 1 rings (SSSR count). The summed E-state index contributed by atoms with van der Waals surface area (Å²) in [6.45, 7) is 5.05. The van der Waals surface area contributed by atoms with Gasteiger partial charge in [-0.05, 0) is 26.8 Å². The van der Waals surface area contributed by atoms with Gasteiger partial charge in [0.2, 0.25) is 5.88 Å². The number of aromatic nitrogens is 1. The normalized spacial score (nSPS) is 12.4. The van der Waals surface area contributed by atoms with Crippen molar-refractivity contribution in [3.8, 4) is 5.88 Å². The fourth-order valence-electron chi connectivity index (χ4n) is 1.11. The standard InChI is InChI=1S/C11H11ClF3NO2/c1-10(2,3)18-9-7(12)6(4-5-16-9)8(17)11(13,14)15/h4-5H,1-3H3. The lowest BCUT2D eigenvalue weighted by Gasteiger charge is -2.21. The second kappa shape index (κ2) is 4.76. The van der Waals surface area contributed by atoms with Crippen LogP contribution in [-0.4, -0.2) is 22.5 Å². The number of alkyl halides is 3. The first-order valence-corrected chi connectivity index (χ1v) is 5.35. The molecule has 0 atom stereocenters. The van der Waals surface area contributed by atoms with Crippen LogP contribution in [0.25, 0.3) is 0 Å². The van der Waals surface area contributed by atoms with E-state index in [4.69, 9.17) is 16.3 Å². The van der Waals surface area contributed by atoms with Gasteiger partial charge < -0.3 is 4.74 Å². The summed E-state index contributed by atoms with van der Waals surface area (Å²) < 4.78 is 42.2. The summed E-state index contributed by atoms with van der Waals surface area (Å²) in [6, 6.07) is 0.910. The Bertz CT molecular complexity index is 466. The van der Waals surface area contributed by atoms with Crippen molar-refractivity contribution >= 4 is 17.4 Å². The highest BCUT2D eigenvalue weighted by Crippen LogP contribution is 2.32. The summed E-state index contributed by atoms with van der Waals surface area (Å²) in [7, 11) is 0. The minimum absolute atomic E-state index is 0.195. The van der Waals surface area contributed by atoms with Crippen molar-refractivity contribution in [1.29, 1.82) is 0 Å². The minimum Gasteiger partial charge on any atom is -0.471 e. The zero-order chi connectivity index (χ0) is 14.1. The Morgan fingerprint density at radius 3 is 2.33 bits per heavy atom. The smallest absolute Gasteiger partial charge is 0.454 e. The molecule has 0 aliphatic carbocycles. The van der Waals surface area contributed by atoms with Gasteiger partial charge in [0.1, 0.15) is 10.6 Å². The van der Waals surface area contributed by atoms with Gasteiger partial charge in [0, 0.05) is 6.20 Å². The van der Waals surface area contributed by atoms with E-state index in [1.165, 1.54) is 0 Å². The summed E-state index contributed by atoms with van der Waals surface area (Å²) >= 11 is 5.71. The van der Waals surface area contributed by atoms with Crippen molar-refractivity contribution in [1.82, 2.24) is 4.98 Å². The summed E-state index contributed by atoms with van der Waals surface area (Å²) in [5, 5.41) is -0.435. The van der Waals surface area contributed by atoms with E-state index in [0.717, 1.165) is 12.3 Å². The number of rotatable bonds is 2. The highest BCUT2D eigenvalue weighted by molar-refractivity contribution is 6.35. The molecule has 0 aliphatic rings. The SMILES string of the molecule is CC(C)(C)Oc1nccc(C(=O)C(F)(F)F)c1Cl. The number of pyridine rings is 1. The van der Waals surface area contributed by atoms with E-state index in [0.29, 0.717) is 0 Å². The zero-order valence-corrected chi connectivity index (χ0v) is 10.7. The molecule has 3 nitrogen and oxygen atoms in total. The fraction of sp³-hybridized carbons (Fsp3) is 0.455. The molecule has 0 fully saturated rings. The molecule has 0 radical (unpaired) electrons. The molecule has 18 heavy (non-hydrogen) atoms. The highest BCUT2D eigenvalue weighted by atomic mass is 35.5. The molecule has 0 unspecified atom stereocenters. The second-order valence-electron chi connectivity index (χ2n) is 4.52. The molecule has 7 heteroatoms. The number of ketones is 1. The predicted molar refractivity (Wildman–Crippen MR) is 60.0 cm³/mol. The van der Waals surface area contributed by atoms with Crippen LogP contribution in [0.15, 0.2) is 12.3 Å². The molecule has 100 valence electrons. The number of hydrogen-bond acceptors (Lipinski definition) is 3. The lowest BCUT2D eigenvalue weighted by atomic mass is 10.1. The van der Waals surface area contributed by atoms with Crippen LogP contribution in [0.4, 0.5) is 13.2 Å². The van der Waals surface area contributed by atoms with Crippen LogP contribution in [0.1, 0.15) is 31.1 Å². The highest BCUT2D eigenvalue weighted by Gasteiger charge is 2.41. The molecular formula is C11H11ClF3NO2. The summed E-state index contributed by atoms with van der Waals surface area (Å²) in [5.74, 6) is -2.21. The number of carbonyl (C=O) groups excluding carboxylic acids is 1. The first-order valence-electron chi connectivity index (χ1n) is 4.97. The van der Waals surface area contributed by atoms with Crippen molar-refractivity contribution in [2.24, 2.45) is 0 Å². The van der Waals surface area contributed by atoms with Crippen LogP contribution >= 0.6 is 11.6 Å². The van der Waals surface area contributed by atoms with E-state index in [1.54, 1.807) is 20.8 Å². The second-order valence-corrected chi connectivity index (χ2v) is 4.90. The molecular weight excluding hydrogens is 271 g/mol. The van der Waals surface area contributed by atoms with Crippen LogP contribution in [0, 0.1) is 0 Å². The molecule has 0 aromatic carbocycles. The van der Waals surface area contributed by atoms with Crippen molar-refractivity contribution in [2.45, 2.75) is 32.5 Å². The van der Waals surface area contributed by atoms with Gasteiger partial charge in [-0.1, -0.05) is 11.6 Å². The van der Waals surface area contributed by atoms with Gasteiger partial charge in [-0.25, -0.2) is 4.98 Å². The van der Waals surface area contributed by atoms with E-state index in [2.05, 4.69) is 4.98 Å². The van der Waals surface area contributed by atoms with Crippen molar-refractivity contribution in [3.63, 3.8) is 0 Å². The molecule has 0 aliphatic heterocycles. The Balaban J connectivity index is 3.18. The van der Waals surface area contributed by atoms with Crippen molar-refractivity contribution in [2.75, 3.05) is 0 Å². The lowest BCUT2D eigenvalue weighted by Crippen LogP contribution is -2.26. The molecule has 1 aromatic rings. The van der Waals surface area contributed by atoms with Crippen molar-refractivity contribution < 1.29 is 22.7 Å². The first kappa shape index (κ1) is 14.8. The number of hydrogen-bond donors (Lipinski definition) is 0. The van der Waals surface area contributed by atoms with E-state index >= 15 is 0 Å². The first-order chi connectivity index (χ1) is 8.02. The largest absolute Gasteiger partial charge is 0.471 e. The number of Topliss-reactive ketones (excluding diaryl/α,β-unsaturated/α-hetero) is 1. The third-order valence-electron chi connectivity index (χ3n) is 1.76. The van der Waals surface area contributed by atoms with Gasteiger partial charge in [-0.2, -0.15) is 13.2 Å². The molecule has 0 amide bonds. The maximum absolute atomic E-state index is 12.3. The number of carbonyl (C=O) groups is 1. The topological polar surface area (TPSA) is 39.2 Å². The number of nitrogens with zero attached hydrogens (tertiary/aromatic N) is 1. The van der Waals surface area contributed by atoms with Gasteiger partial charge in [0.25, 0.3) is 5.78 Å². The average molecular weight is 282 g/mol. The molecule has 1 heterocycles. The maximum atomic E-state index is 12.3. The summed E-state index contributed by atoms with van der Waals surface area (Å²) in [6.07, 6.45) is -3.93. The third-order valence-corrected chi connectivity index (χ3v) is 2.13. The average Bonchev–Trinajstić information content (AvgIpc) is 2.17. The quantitative estimate of drug-likeness (QED) is 0.777. The van der Waals surface area contributed by atoms with Gasteiger partial charge >= 0.3 is 6.18 Å². The zero-order valence-electron chi connectivity index (χ0n) is 9.93. The lowest BCUT2D eigenvalue weighted by molar-refractivity contribution is -0.0885. The Morgan fingerprint density at radius 2 is 1.89 bits per heavy atom. The van der Waals surface area contributed by atoms with Crippen LogP contribution in [0.2, 0.25) is 5.02 Å². The summed E-state index contributed by atoms with van der Waals surface area (Å²) in [5.41, 5.74) is -1.35. The Kier molecular flexibility index (Phi) is 3.90. The monoisotopic (exact) mass is 281 g/mol. The maximum Gasteiger partial charge on any atom is 0.454 e. The third kappa shape index (κ3) is 3.60. The van der Waals surface area contributed by atoms with E-state index < -0.39 is 28.1 Å². The Hall–Kier alpha value is -1.30. The molecule has 0 N–H and O–H groups in total. The predicted octanol–water partition coefficient (Wildman–Crippen LogP) is 3.66.